The van der Waals surface area contributed by atoms with Crippen LogP contribution in [0.4, 0.5) is 5.69 Å². The average Bonchev–Trinajstić information content (AvgIpc) is 3.13. The Labute approximate surface area is 148 Å². The number of anilines is 1. The molecule has 0 aromatic heterocycles. The van der Waals surface area contributed by atoms with Crippen molar-refractivity contribution in [2.75, 3.05) is 18.4 Å². The average molecular weight is 345 g/mol. The summed E-state index contributed by atoms with van der Waals surface area (Å²) in [5, 5.41) is 8.43. The fourth-order valence-electron chi connectivity index (χ4n) is 2.79. The molecule has 0 heterocycles. The van der Waals surface area contributed by atoms with Gasteiger partial charge in [-0.15, -0.1) is 0 Å². The summed E-state index contributed by atoms with van der Waals surface area (Å²) >= 11 is 0. The molecule has 1 aromatic rings. The molecule has 3 amide bonds. The molecule has 0 spiro atoms. The van der Waals surface area contributed by atoms with Crippen LogP contribution in [0, 0.1) is 11.8 Å². The quantitative estimate of drug-likeness (QED) is 0.663. The van der Waals surface area contributed by atoms with E-state index in [1.54, 1.807) is 24.3 Å². The minimum atomic E-state index is -0.197. The first-order chi connectivity index (χ1) is 12.0. The Bertz CT molecular complexity index is 605. The van der Waals surface area contributed by atoms with Gasteiger partial charge in [0.15, 0.2) is 0 Å². The molecule has 2 rings (SSSR count). The zero-order valence-corrected chi connectivity index (χ0v) is 14.9. The van der Waals surface area contributed by atoms with Crippen LogP contribution >= 0.6 is 0 Å². The highest BCUT2D eigenvalue weighted by molar-refractivity contribution is 5.96. The zero-order chi connectivity index (χ0) is 18.2. The SMILES string of the molecule is CC(C)C(=O)Nc1ccc(C(=O)NCCNC(=O)C2CCCC2)cc1. The molecule has 0 bridgehead atoms. The van der Waals surface area contributed by atoms with E-state index < -0.39 is 0 Å². The normalized spacial score (nSPS) is 14.4. The van der Waals surface area contributed by atoms with E-state index in [2.05, 4.69) is 16.0 Å². The number of nitrogens with one attached hydrogen (secondary N) is 3. The molecular weight excluding hydrogens is 318 g/mol. The molecule has 0 aliphatic heterocycles. The molecule has 1 saturated carbocycles. The molecule has 1 aliphatic rings. The summed E-state index contributed by atoms with van der Waals surface area (Å²) in [6, 6.07) is 6.75. The van der Waals surface area contributed by atoms with Crippen molar-refractivity contribution in [3.63, 3.8) is 0 Å². The van der Waals surface area contributed by atoms with E-state index in [0.717, 1.165) is 25.7 Å². The molecule has 0 atom stereocenters. The van der Waals surface area contributed by atoms with Crippen LogP contribution in [0.15, 0.2) is 24.3 Å². The molecular formula is C19H27N3O3. The Kier molecular flexibility index (Phi) is 6.98. The summed E-state index contributed by atoms with van der Waals surface area (Å²) in [5.41, 5.74) is 1.18. The van der Waals surface area contributed by atoms with Crippen molar-refractivity contribution in [1.82, 2.24) is 10.6 Å². The van der Waals surface area contributed by atoms with Crippen molar-refractivity contribution in [2.24, 2.45) is 11.8 Å². The first kappa shape index (κ1) is 19.0. The molecule has 0 unspecified atom stereocenters. The largest absolute Gasteiger partial charge is 0.354 e. The Morgan fingerprint density at radius 2 is 1.60 bits per heavy atom. The summed E-state index contributed by atoms with van der Waals surface area (Å²) < 4.78 is 0. The van der Waals surface area contributed by atoms with Gasteiger partial charge in [0.05, 0.1) is 0 Å². The van der Waals surface area contributed by atoms with Crippen LogP contribution < -0.4 is 16.0 Å². The molecule has 0 saturated heterocycles. The van der Waals surface area contributed by atoms with Crippen molar-refractivity contribution in [3.05, 3.63) is 29.8 Å². The second kappa shape index (κ2) is 9.20. The van der Waals surface area contributed by atoms with Gasteiger partial charge >= 0.3 is 0 Å². The van der Waals surface area contributed by atoms with E-state index in [1.807, 2.05) is 13.8 Å². The first-order valence-corrected chi connectivity index (χ1v) is 8.94. The van der Waals surface area contributed by atoms with Crippen LogP contribution in [0.25, 0.3) is 0 Å². The predicted octanol–water partition coefficient (Wildman–Crippen LogP) is 2.32. The summed E-state index contributed by atoms with van der Waals surface area (Å²) in [6.07, 6.45) is 4.20. The van der Waals surface area contributed by atoms with Gasteiger partial charge < -0.3 is 16.0 Å². The van der Waals surface area contributed by atoms with Crippen LogP contribution in [0.5, 0.6) is 0 Å². The van der Waals surface area contributed by atoms with E-state index in [1.165, 1.54) is 0 Å². The van der Waals surface area contributed by atoms with E-state index in [4.69, 9.17) is 0 Å². The number of carbonyl (C=O) groups is 3. The zero-order valence-electron chi connectivity index (χ0n) is 14.9. The molecule has 136 valence electrons. The number of hydrogen-bond acceptors (Lipinski definition) is 3. The molecule has 1 fully saturated rings. The van der Waals surface area contributed by atoms with Crippen LogP contribution in [-0.4, -0.2) is 30.8 Å². The number of benzene rings is 1. The lowest BCUT2D eigenvalue weighted by atomic mass is 10.1. The fraction of sp³-hybridized carbons (Fsp3) is 0.526. The number of hydrogen-bond donors (Lipinski definition) is 3. The van der Waals surface area contributed by atoms with Crippen LogP contribution in [0.2, 0.25) is 0 Å². The lowest BCUT2D eigenvalue weighted by molar-refractivity contribution is -0.124. The first-order valence-electron chi connectivity index (χ1n) is 8.94. The lowest BCUT2D eigenvalue weighted by Crippen LogP contribution is -2.37. The van der Waals surface area contributed by atoms with Gasteiger partial charge in [0.2, 0.25) is 11.8 Å². The molecule has 6 nitrogen and oxygen atoms in total. The topological polar surface area (TPSA) is 87.3 Å². The maximum atomic E-state index is 12.1. The van der Waals surface area contributed by atoms with E-state index in [9.17, 15) is 14.4 Å². The Hall–Kier alpha value is -2.37. The second-order valence-electron chi connectivity index (χ2n) is 6.75. The number of rotatable bonds is 7. The molecule has 3 N–H and O–H groups in total. The third-order valence-corrected chi connectivity index (χ3v) is 4.37. The summed E-state index contributed by atoms with van der Waals surface area (Å²) in [6.45, 7) is 4.47. The fourth-order valence-corrected chi connectivity index (χ4v) is 2.79. The van der Waals surface area contributed by atoms with Gasteiger partial charge in [-0.1, -0.05) is 26.7 Å². The van der Waals surface area contributed by atoms with Gasteiger partial charge in [0.1, 0.15) is 0 Å². The van der Waals surface area contributed by atoms with Gasteiger partial charge in [0, 0.05) is 36.2 Å². The van der Waals surface area contributed by atoms with Gasteiger partial charge in [-0.2, -0.15) is 0 Å². The van der Waals surface area contributed by atoms with Gasteiger partial charge in [-0.3, -0.25) is 14.4 Å². The highest BCUT2D eigenvalue weighted by Crippen LogP contribution is 2.24. The van der Waals surface area contributed by atoms with Gasteiger partial charge in [-0.25, -0.2) is 0 Å². The van der Waals surface area contributed by atoms with E-state index >= 15 is 0 Å². The van der Waals surface area contributed by atoms with Crippen molar-refractivity contribution < 1.29 is 14.4 Å². The number of carbonyl (C=O) groups excluding carboxylic acids is 3. The smallest absolute Gasteiger partial charge is 0.251 e. The monoisotopic (exact) mass is 345 g/mol. The van der Waals surface area contributed by atoms with Gasteiger partial charge in [0.25, 0.3) is 5.91 Å². The van der Waals surface area contributed by atoms with Crippen molar-refractivity contribution in [1.29, 1.82) is 0 Å². The minimum Gasteiger partial charge on any atom is -0.354 e. The highest BCUT2D eigenvalue weighted by atomic mass is 16.2. The maximum Gasteiger partial charge on any atom is 0.251 e. The van der Waals surface area contributed by atoms with Crippen LogP contribution in [0.1, 0.15) is 49.9 Å². The number of amides is 3. The van der Waals surface area contributed by atoms with E-state index in [-0.39, 0.29) is 29.6 Å². The third-order valence-electron chi connectivity index (χ3n) is 4.37. The van der Waals surface area contributed by atoms with Crippen molar-refractivity contribution in [2.45, 2.75) is 39.5 Å². The maximum absolute atomic E-state index is 12.1. The molecule has 1 aromatic carbocycles. The Morgan fingerprint density at radius 1 is 1.00 bits per heavy atom. The summed E-state index contributed by atoms with van der Waals surface area (Å²) in [7, 11) is 0. The summed E-state index contributed by atoms with van der Waals surface area (Å²) in [5.74, 6) is -0.115. The molecule has 6 heteroatoms. The van der Waals surface area contributed by atoms with Crippen molar-refractivity contribution >= 4 is 23.4 Å². The highest BCUT2D eigenvalue weighted by Gasteiger charge is 2.21. The Morgan fingerprint density at radius 3 is 2.20 bits per heavy atom. The second-order valence-corrected chi connectivity index (χ2v) is 6.75. The molecule has 25 heavy (non-hydrogen) atoms. The summed E-state index contributed by atoms with van der Waals surface area (Å²) in [4.78, 5) is 35.6. The molecule has 0 radical (unpaired) electrons. The van der Waals surface area contributed by atoms with E-state index in [0.29, 0.717) is 24.3 Å². The van der Waals surface area contributed by atoms with Crippen molar-refractivity contribution in [3.8, 4) is 0 Å². The third kappa shape index (κ3) is 5.89. The minimum absolute atomic E-state index is 0.0600. The molecule has 1 aliphatic carbocycles. The standard InChI is InChI=1S/C19H27N3O3/c1-13(2)17(23)22-16-9-7-15(8-10-16)19(25)21-12-11-20-18(24)14-5-3-4-6-14/h7-10,13-14H,3-6,11-12H2,1-2H3,(H,20,24)(H,21,25)(H,22,23). The van der Waals surface area contributed by atoms with Crippen LogP contribution in [-0.2, 0) is 9.59 Å². The Balaban J connectivity index is 1.71. The lowest BCUT2D eigenvalue weighted by Gasteiger charge is -2.11. The predicted molar refractivity (Wildman–Crippen MR) is 97.2 cm³/mol. The van der Waals surface area contributed by atoms with Gasteiger partial charge in [-0.05, 0) is 37.1 Å². The van der Waals surface area contributed by atoms with Crippen LogP contribution in [0.3, 0.4) is 0 Å².